The molecule has 2 aromatic rings. The number of anilines is 2. The number of carbonyl (C=O) groups excluding carboxylic acids is 2. The van der Waals surface area contributed by atoms with E-state index in [4.69, 9.17) is 16.3 Å². The number of nitrogens with one attached hydrogen (secondary N) is 1. The lowest BCUT2D eigenvalue weighted by Gasteiger charge is -2.19. The number of nitrogens with zero attached hydrogens (tertiary/aromatic N) is 1. The van der Waals surface area contributed by atoms with Crippen LogP contribution in [0.1, 0.15) is 34.6 Å². The second-order valence-electron chi connectivity index (χ2n) is 5.82. The fourth-order valence-corrected chi connectivity index (χ4v) is 2.89. The van der Waals surface area contributed by atoms with Crippen molar-refractivity contribution in [1.82, 2.24) is 0 Å². The van der Waals surface area contributed by atoms with Crippen molar-refractivity contribution in [3.63, 3.8) is 0 Å². The second kappa shape index (κ2) is 6.17. The predicted octanol–water partition coefficient (Wildman–Crippen LogP) is 3.97. The first-order chi connectivity index (χ1) is 11.4. The fraction of sp³-hybridized carbons (Fsp3) is 0.222. The molecule has 0 bridgehead atoms. The van der Waals surface area contributed by atoms with Gasteiger partial charge < -0.3 is 10.1 Å². The molecular weight excluding hydrogens is 328 g/mol. The lowest BCUT2D eigenvalue weighted by atomic mass is 10.1. The van der Waals surface area contributed by atoms with E-state index in [9.17, 15) is 9.59 Å². The first-order valence-electron chi connectivity index (χ1n) is 7.55. The molecule has 0 aromatic heterocycles. The Morgan fingerprint density at radius 2 is 1.75 bits per heavy atom. The van der Waals surface area contributed by atoms with Gasteiger partial charge in [0.1, 0.15) is 5.75 Å². The first kappa shape index (κ1) is 16.3. The number of ether oxygens (including phenoxy) is 1. The highest BCUT2D eigenvalue weighted by atomic mass is 35.5. The van der Waals surface area contributed by atoms with E-state index in [1.165, 1.54) is 13.2 Å². The standard InChI is InChI=1S/C18H17ClN2O3/c1-10(2)20-12-5-7-15(16(9-12)24-3)21-17(22)13-6-4-11(19)8-14(13)18(21)23/h4-10,20H,1-3H3. The van der Waals surface area contributed by atoms with Crippen molar-refractivity contribution in [2.75, 3.05) is 17.3 Å². The van der Waals surface area contributed by atoms with E-state index >= 15 is 0 Å². The summed E-state index contributed by atoms with van der Waals surface area (Å²) in [6.45, 7) is 4.04. The van der Waals surface area contributed by atoms with Gasteiger partial charge in [-0.25, -0.2) is 4.90 Å². The van der Waals surface area contributed by atoms with Gasteiger partial charge in [-0.1, -0.05) is 11.6 Å². The van der Waals surface area contributed by atoms with Crippen LogP contribution in [0.5, 0.6) is 5.75 Å². The third-order valence-corrected chi connectivity index (χ3v) is 3.96. The summed E-state index contributed by atoms with van der Waals surface area (Å²) in [4.78, 5) is 26.4. The molecule has 0 atom stereocenters. The molecule has 3 rings (SSSR count). The van der Waals surface area contributed by atoms with Crippen molar-refractivity contribution in [2.24, 2.45) is 0 Å². The summed E-state index contributed by atoms with van der Waals surface area (Å²) in [6.07, 6.45) is 0. The zero-order valence-electron chi connectivity index (χ0n) is 13.6. The van der Waals surface area contributed by atoms with Gasteiger partial charge in [0, 0.05) is 22.8 Å². The van der Waals surface area contributed by atoms with E-state index in [0.717, 1.165) is 10.6 Å². The van der Waals surface area contributed by atoms with Gasteiger partial charge in [-0.05, 0) is 44.2 Å². The van der Waals surface area contributed by atoms with Crippen LogP contribution in [0.3, 0.4) is 0 Å². The average Bonchev–Trinajstić information content (AvgIpc) is 2.78. The number of rotatable bonds is 4. The van der Waals surface area contributed by atoms with Crippen LogP contribution in [0.15, 0.2) is 36.4 Å². The maximum absolute atomic E-state index is 12.7. The summed E-state index contributed by atoms with van der Waals surface area (Å²) in [5, 5.41) is 3.68. The fourth-order valence-electron chi connectivity index (χ4n) is 2.72. The third kappa shape index (κ3) is 2.71. The lowest BCUT2D eigenvalue weighted by Crippen LogP contribution is -2.29. The summed E-state index contributed by atoms with van der Waals surface area (Å²) in [7, 11) is 1.51. The molecule has 124 valence electrons. The van der Waals surface area contributed by atoms with Crippen molar-refractivity contribution in [3.8, 4) is 5.75 Å². The molecule has 0 fully saturated rings. The van der Waals surface area contributed by atoms with Crippen molar-refractivity contribution in [2.45, 2.75) is 19.9 Å². The number of hydrogen-bond donors (Lipinski definition) is 1. The summed E-state index contributed by atoms with van der Waals surface area (Å²) in [5.74, 6) is -0.337. The molecule has 6 heteroatoms. The zero-order chi connectivity index (χ0) is 17.4. The molecule has 1 aliphatic rings. The molecule has 0 unspecified atom stereocenters. The first-order valence-corrected chi connectivity index (χ1v) is 7.93. The SMILES string of the molecule is COc1cc(NC(C)C)ccc1N1C(=O)c2ccc(Cl)cc2C1=O. The Kier molecular flexibility index (Phi) is 4.20. The van der Waals surface area contributed by atoms with Crippen LogP contribution in [0.25, 0.3) is 0 Å². The highest BCUT2D eigenvalue weighted by molar-refractivity contribution is 6.37. The number of benzene rings is 2. The minimum Gasteiger partial charge on any atom is -0.494 e. The number of amides is 2. The molecule has 0 aliphatic carbocycles. The number of hydrogen-bond acceptors (Lipinski definition) is 4. The van der Waals surface area contributed by atoms with E-state index in [2.05, 4.69) is 5.32 Å². The van der Waals surface area contributed by atoms with Crippen LogP contribution < -0.4 is 15.0 Å². The molecule has 0 spiro atoms. The predicted molar refractivity (Wildman–Crippen MR) is 94.3 cm³/mol. The summed E-state index contributed by atoms with van der Waals surface area (Å²) >= 11 is 5.94. The normalized spacial score (nSPS) is 13.5. The molecule has 1 N–H and O–H groups in total. The highest BCUT2D eigenvalue weighted by Crippen LogP contribution is 2.37. The molecule has 5 nitrogen and oxygen atoms in total. The van der Waals surface area contributed by atoms with Crippen LogP contribution >= 0.6 is 11.6 Å². The average molecular weight is 345 g/mol. The summed E-state index contributed by atoms with van der Waals surface area (Å²) in [6, 6.07) is 10.2. The summed E-state index contributed by atoms with van der Waals surface area (Å²) in [5.41, 5.74) is 1.91. The van der Waals surface area contributed by atoms with Gasteiger partial charge in [0.05, 0.1) is 23.9 Å². The zero-order valence-corrected chi connectivity index (χ0v) is 14.3. The number of imide groups is 1. The molecular formula is C18H17ClN2O3. The van der Waals surface area contributed by atoms with Crippen molar-refractivity contribution in [1.29, 1.82) is 0 Å². The van der Waals surface area contributed by atoms with Crippen LogP contribution in [-0.4, -0.2) is 25.0 Å². The van der Waals surface area contributed by atoms with Gasteiger partial charge in [0.2, 0.25) is 0 Å². The molecule has 0 saturated heterocycles. The smallest absolute Gasteiger partial charge is 0.266 e. The Morgan fingerprint density at radius 1 is 1.04 bits per heavy atom. The maximum atomic E-state index is 12.7. The Hall–Kier alpha value is -2.53. The highest BCUT2D eigenvalue weighted by Gasteiger charge is 2.38. The number of fused-ring (bicyclic) bond motifs is 1. The Balaban J connectivity index is 2.04. The molecule has 1 heterocycles. The molecule has 0 saturated carbocycles. The van der Waals surface area contributed by atoms with Gasteiger partial charge in [0.15, 0.2) is 0 Å². The minimum atomic E-state index is -0.402. The summed E-state index contributed by atoms with van der Waals surface area (Å²) < 4.78 is 5.39. The largest absolute Gasteiger partial charge is 0.494 e. The monoisotopic (exact) mass is 344 g/mol. The van der Waals surface area contributed by atoms with Crippen LogP contribution in [-0.2, 0) is 0 Å². The van der Waals surface area contributed by atoms with Gasteiger partial charge >= 0.3 is 0 Å². The van der Waals surface area contributed by atoms with E-state index in [0.29, 0.717) is 27.6 Å². The second-order valence-corrected chi connectivity index (χ2v) is 6.26. The van der Waals surface area contributed by atoms with Crippen LogP contribution in [0.2, 0.25) is 5.02 Å². The molecule has 24 heavy (non-hydrogen) atoms. The molecule has 2 amide bonds. The topological polar surface area (TPSA) is 58.6 Å². The van der Waals surface area contributed by atoms with Gasteiger partial charge in [-0.15, -0.1) is 0 Å². The quantitative estimate of drug-likeness (QED) is 0.853. The Morgan fingerprint density at radius 3 is 2.42 bits per heavy atom. The van der Waals surface area contributed by atoms with Crippen molar-refractivity contribution < 1.29 is 14.3 Å². The van der Waals surface area contributed by atoms with Gasteiger partial charge in [-0.3, -0.25) is 9.59 Å². The van der Waals surface area contributed by atoms with Crippen LogP contribution in [0.4, 0.5) is 11.4 Å². The van der Waals surface area contributed by atoms with E-state index in [1.807, 2.05) is 19.9 Å². The number of methoxy groups -OCH3 is 1. The Bertz CT molecular complexity index is 833. The molecule has 1 aliphatic heterocycles. The number of carbonyl (C=O) groups is 2. The molecule has 2 aromatic carbocycles. The van der Waals surface area contributed by atoms with Crippen molar-refractivity contribution in [3.05, 3.63) is 52.5 Å². The lowest BCUT2D eigenvalue weighted by molar-refractivity contribution is 0.0925. The third-order valence-electron chi connectivity index (χ3n) is 3.72. The van der Waals surface area contributed by atoms with Crippen molar-refractivity contribution >= 4 is 34.8 Å². The number of halogens is 1. The Labute approximate surface area is 145 Å². The van der Waals surface area contributed by atoms with Gasteiger partial charge in [0.25, 0.3) is 11.8 Å². The van der Waals surface area contributed by atoms with E-state index < -0.39 is 5.91 Å². The maximum Gasteiger partial charge on any atom is 0.266 e. The minimum absolute atomic E-state index is 0.252. The van der Waals surface area contributed by atoms with E-state index in [1.54, 1.807) is 24.3 Å². The van der Waals surface area contributed by atoms with Crippen LogP contribution in [0, 0.1) is 0 Å². The van der Waals surface area contributed by atoms with E-state index in [-0.39, 0.29) is 11.9 Å². The van der Waals surface area contributed by atoms with Gasteiger partial charge in [-0.2, -0.15) is 0 Å². The molecule has 0 radical (unpaired) electrons.